The summed E-state index contributed by atoms with van der Waals surface area (Å²) >= 11 is 12.0. The number of carbonyl (C=O) groups is 1. The highest BCUT2D eigenvalue weighted by Gasteiger charge is 2.35. The Morgan fingerprint density at radius 2 is 1.80 bits per heavy atom. The highest BCUT2D eigenvalue weighted by atomic mass is 35.5. The summed E-state index contributed by atoms with van der Waals surface area (Å²) in [7, 11) is 0.619. The van der Waals surface area contributed by atoms with E-state index in [4.69, 9.17) is 27.9 Å². The number of hydrogen-bond donors (Lipinski definition) is 1. The van der Waals surface area contributed by atoms with E-state index in [-0.39, 0.29) is 35.1 Å². The van der Waals surface area contributed by atoms with Gasteiger partial charge in [-0.2, -0.15) is 4.31 Å². The molecule has 0 bridgehead atoms. The molecule has 220 valence electrons. The number of rotatable bonds is 12. The van der Waals surface area contributed by atoms with Crippen LogP contribution >= 0.6 is 23.2 Å². The zero-order valence-corrected chi connectivity index (χ0v) is 25.7. The lowest BCUT2D eigenvalue weighted by atomic mass is 9.76. The van der Waals surface area contributed by atoms with Gasteiger partial charge in [0.15, 0.2) is 0 Å². The van der Waals surface area contributed by atoms with Crippen LogP contribution in [-0.2, 0) is 26.0 Å². The quantitative estimate of drug-likeness (QED) is 0.355. The summed E-state index contributed by atoms with van der Waals surface area (Å²) in [5, 5.41) is 3.50. The van der Waals surface area contributed by atoms with Crippen molar-refractivity contribution in [1.29, 1.82) is 0 Å². The number of halogens is 2. The first-order valence-corrected chi connectivity index (χ1v) is 16.4. The minimum Gasteiger partial charge on any atom is -0.367 e. The number of ether oxygens (including phenoxy) is 1. The van der Waals surface area contributed by atoms with Crippen LogP contribution in [0.25, 0.3) is 0 Å². The van der Waals surface area contributed by atoms with Gasteiger partial charge < -0.3 is 15.0 Å². The monoisotopic (exact) mass is 609 g/mol. The van der Waals surface area contributed by atoms with Gasteiger partial charge in [-0.15, -0.1) is 0 Å². The molecule has 2 aromatic rings. The molecule has 0 spiro atoms. The molecule has 0 aromatic heterocycles. The minimum absolute atomic E-state index is 0.0276. The molecule has 2 aromatic carbocycles. The van der Waals surface area contributed by atoms with Gasteiger partial charge in [0.25, 0.3) is 0 Å². The standard InChI is InChI=1S/C30H41Cl2N3O4S/c1-34(2)28(14-10-22-6-4-3-5-7-22)24-11-8-23(9-12-24)19-33-30(36)21-39-26-16-17-35(20-26)40(37,38)29-15-13-25(31)18-27(29)32/h3-7,13,15,18,23-24,26,28H,8-12,14,16-17,19-21H2,1-2H3,(H,33,36). The summed E-state index contributed by atoms with van der Waals surface area (Å²) in [5.41, 5.74) is 1.39. The van der Waals surface area contributed by atoms with Crippen molar-refractivity contribution in [2.45, 2.75) is 62.0 Å². The van der Waals surface area contributed by atoms with Crippen LogP contribution in [0.5, 0.6) is 0 Å². The Labute approximate surface area is 249 Å². The van der Waals surface area contributed by atoms with E-state index >= 15 is 0 Å². The normalized spacial score (nSPS) is 22.9. The average molecular weight is 611 g/mol. The van der Waals surface area contributed by atoms with E-state index in [0.717, 1.165) is 25.7 Å². The van der Waals surface area contributed by atoms with E-state index in [1.165, 1.54) is 40.9 Å². The fourth-order valence-corrected chi connectivity index (χ4v) is 8.26. The van der Waals surface area contributed by atoms with Crippen LogP contribution in [0.4, 0.5) is 0 Å². The van der Waals surface area contributed by atoms with E-state index in [9.17, 15) is 13.2 Å². The number of nitrogens with one attached hydrogen (secondary N) is 1. The van der Waals surface area contributed by atoms with Gasteiger partial charge in [-0.25, -0.2) is 8.42 Å². The molecular formula is C30H41Cl2N3O4S. The number of hydrogen-bond acceptors (Lipinski definition) is 5. The van der Waals surface area contributed by atoms with E-state index < -0.39 is 10.0 Å². The summed E-state index contributed by atoms with van der Waals surface area (Å²) in [6.07, 6.45) is 7.04. The zero-order valence-electron chi connectivity index (χ0n) is 23.4. The number of amides is 1. The van der Waals surface area contributed by atoms with Crippen molar-refractivity contribution in [1.82, 2.24) is 14.5 Å². The largest absolute Gasteiger partial charge is 0.367 e. The minimum atomic E-state index is -3.76. The Hall–Kier alpha value is -1.68. The van der Waals surface area contributed by atoms with Gasteiger partial charge in [0, 0.05) is 30.7 Å². The van der Waals surface area contributed by atoms with Gasteiger partial charge in [0.2, 0.25) is 15.9 Å². The fourth-order valence-electron chi connectivity index (χ4n) is 6.03. The first kappa shape index (κ1) is 31.3. The predicted molar refractivity (Wildman–Crippen MR) is 160 cm³/mol. The van der Waals surface area contributed by atoms with Crippen molar-refractivity contribution >= 4 is 39.1 Å². The summed E-state index contributed by atoms with van der Waals surface area (Å²) < 4.78 is 33.1. The molecule has 0 radical (unpaired) electrons. The molecule has 1 saturated heterocycles. The lowest BCUT2D eigenvalue weighted by Gasteiger charge is -2.37. The van der Waals surface area contributed by atoms with Crippen molar-refractivity contribution in [2.24, 2.45) is 11.8 Å². The molecular weight excluding hydrogens is 569 g/mol. The Balaban J connectivity index is 1.15. The zero-order chi connectivity index (χ0) is 28.7. The number of benzene rings is 2. The third-order valence-electron chi connectivity index (χ3n) is 8.33. The number of nitrogens with zero attached hydrogens (tertiary/aromatic N) is 2. The van der Waals surface area contributed by atoms with Crippen LogP contribution in [0, 0.1) is 11.8 Å². The molecule has 2 unspecified atom stereocenters. The molecule has 2 aliphatic rings. The Bertz CT molecular complexity index is 1220. The Morgan fingerprint density at radius 3 is 2.48 bits per heavy atom. The van der Waals surface area contributed by atoms with Crippen molar-refractivity contribution in [3.63, 3.8) is 0 Å². The maximum atomic E-state index is 13.0. The second-order valence-electron chi connectivity index (χ2n) is 11.3. The van der Waals surface area contributed by atoms with Crippen LogP contribution in [0.1, 0.15) is 44.1 Å². The van der Waals surface area contributed by atoms with Gasteiger partial charge >= 0.3 is 0 Å². The number of sulfonamides is 1. The highest BCUT2D eigenvalue weighted by Crippen LogP contribution is 2.34. The molecule has 1 saturated carbocycles. The second-order valence-corrected chi connectivity index (χ2v) is 14.0. The molecule has 1 heterocycles. The van der Waals surface area contributed by atoms with Crippen molar-refractivity contribution < 1.29 is 17.9 Å². The molecule has 4 rings (SSSR count). The summed E-state index contributed by atoms with van der Waals surface area (Å²) in [5.74, 6) is 1.00. The molecule has 40 heavy (non-hydrogen) atoms. The molecule has 1 aliphatic heterocycles. The average Bonchev–Trinajstić information content (AvgIpc) is 3.42. The summed E-state index contributed by atoms with van der Waals surface area (Å²) in [4.78, 5) is 14.9. The van der Waals surface area contributed by atoms with Gasteiger partial charge in [-0.1, -0.05) is 53.5 Å². The molecule has 7 nitrogen and oxygen atoms in total. The Kier molecular flexibility index (Phi) is 11.3. The van der Waals surface area contributed by atoms with E-state index in [1.807, 2.05) is 0 Å². The first-order valence-electron chi connectivity index (χ1n) is 14.2. The maximum Gasteiger partial charge on any atom is 0.246 e. The van der Waals surface area contributed by atoms with Crippen molar-refractivity contribution in [2.75, 3.05) is 40.3 Å². The van der Waals surface area contributed by atoms with Crippen LogP contribution in [0.2, 0.25) is 10.0 Å². The lowest BCUT2D eigenvalue weighted by Crippen LogP contribution is -2.40. The second kappa shape index (κ2) is 14.5. The summed E-state index contributed by atoms with van der Waals surface area (Å²) in [6, 6.07) is 15.6. The lowest BCUT2D eigenvalue weighted by molar-refractivity contribution is -0.127. The topological polar surface area (TPSA) is 79.0 Å². The maximum absolute atomic E-state index is 13.0. The van der Waals surface area contributed by atoms with Gasteiger partial charge in [-0.05, 0) is 94.6 Å². The van der Waals surface area contributed by atoms with E-state index in [1.54, 1.807) is 0 Å². The smallest absolute Gasteiger partial charge is 0.246 e. The predicted octanol–water partition coefficient (Wildman–Crippen LogP) is 5.26. The summed E-state index contributed by atoms with van der Waals surface area (Å²) in [6.45, 7) is 1.09. The molecule has 1 aliphatic carbocycles. The SMILES string of the molecule is CN(C)C(CCc1ccccc1)C1CCC(CNC(=O)COC2CCN(S(=O)(=O)c3ccc(Cl)cc3Cl)C2)CC1. The third-order valence-corrected chi connectivity index (χ3v) is 10.9. The first-order chi connectivity index (χ1) is 19.1. The molecule has 1 amide bonds. The molecule has 2 atom stereocenters. The van der Waals surface area contributed by atoms with Crippen LogP contribution < -0.4 is 5.32 Å². The van der Waals surface area contributed by atoms with Gasteiger partial charge in [0.1, 0.15) is 11.5 Å². The van der Waals surface area contributed by atoms with Gasteiger partial charge in [0.05, 0.1) is 11.1 Å². The number of aryl methyl sites for hydroxylation is 1. The highest BCUT2D eigenvalue weighted by molar-refractivity contribution is 7.89. The van der Waals surface area contributed by atoms with Crippen LogP contribution in [0.15, 0.2) is 53.4 Å². The molecule has 2 fully saturated rings. The Morgan fingerprint density at radius 1 is 1.07 bits per heavy atom. The van der Waals surface area contributed by atoms with Crippen LogP contribution in [0.3, 0.4) is 0 Å². The van der Waals surface area contributed by atoms with E-state index in [0.29, 0.717) is 42.4 Å². The van der Waals surface area contributed by atoms with Crippen molar-refractivity contribution in [3.8, 4) is 0 Å². The number of carbonyl (C=O) groups excluding carboxylic acids is 1. The fraction of sp³-hybridized carbons (Fsp3) is 0.567. The van der Waals surface area contributed by atoms with Crippen LogP contribution in [-0.4, -0.2) is 76.0 Å². The van der Waals surface area contributed by atoms with E-state index in [2.05, 4.69) is 54.6 Å². The molecule has 1 N–H and O–H groups in total. The molecule has 10 heteroatoms. The van der Waals surface area contributed by atoms with Gasteiger partial charge in [-0.3, -0.25) is 4.79 Å². The third kappa shape index (κ3) is 8.43. The van der Waals surface area contributed by atoms with Crippen molar-refractivity contribution in [3.05, 3.63) is 64.1 Å².